The molecule has 0 spiro atoms. The molecule has 23 heavy (non-hydrogen) atoms. The molecule has 1 N–H and O–H groups in total. The first-order valence-electron chi connectivity index (χ1n) is 7.23. The van der Waals surface area contributed by atoms with E-state index >= 15 is 0 Å². The summed E-state index contributed by atoms with van der Waals surface area (Å²) >= 11 is 0. The van der Waals surface area contributed by atoms with Crippen molar-refractivity contribution in [1.82, 2.24) is 4.98 Å². The average molecular weight is 313 g/mol. The molecule has 1 amide bonds. The number of ether oxygens (including phenoxy) is 1. The van der Waals surface area contributed by atoms with Gasteiger partial charge in [0.05, 0.1) is 6.61 Å². The van der Waals surface area contributed by atoms with Gasteiger partial charge < -0.3 is 15.0 Å². The SMILES string of the molecule is CCOC(=O)c1cccnc1NC(=O)c1ccc(N(C)C)cc1. The summed E-state index contributed by atoms with van der Waals surface area (Å²) < 4.78 is 4.96. The molecular weight excluding hydrogens is 294 g/mol. The summed E-state index contributed by atoms with van der Waals surface area (Å²) in [6, 6.07) is 10.3. The van der Waals surface area contributed by atoms with Crippen LogP contribution in [0, 0.1) is 0 Å². The van der Waals surface area contributed by atoms with E-state index in [1.54, 1.807) is 31.2 Å². The molecule has 120 valence electrons. The molecule has 6 heteroatoms. The summed E-state index contributed by atoms with van der Waals surface area (Å²) in [5.74, 6) is -0.661. The molecule has 0 saturated heterocycles. The van der Waals surface area contributed by atoms with Gasteiger partial charge in [-0.05, 0) is 43.3 Å². The number of nitrogens with zero attached hydrogens (tertiary/aromatic N) is 2. The molecule has 0 aliphatic rings. The Hall–Kier alpha value is -2.89. The number of nitrogens with one attached hydrogen (secondary N) is 1. The largest absolute Gasteiger partial charge is 0.462 e. The van der Waals surface area contributed by atoms with Gasteiger partial charge in [0.2, 0.25) is 0 Å². The Morgan fingerprint density at radius 3 is 2.48 bits per heavy atom. The molecule has 0 atom stereocenters. The van der Waals surface area contributed by atoms with Crippen molar-refractivity contribution in [2.24, 2.45) is 0 Å². The lowest BCUT2D eigenvalue weighted by Crippen LogP contribution is -2.17. The van der Waals surface area contributed by atoms with Crippen molar-refractivity contribution in [3.8, 4) is 0 Å². The summed E-state index contributed by atoms with van der Waals surface area (Å²) in [6.07, 6.45) is 1.51. The van der Waals surface area contributed by atoms with E-state index in [-0.39, 0.29) is 23.9 Å². The van der Waals surface area contributed by atoms with Crippen LogP contribution in [0.1, 0.15) is 27.6 Å². The Bertz CT molecular complexity index is 696. The number of carbonyl (C=O) groups is 2. The van der Waals surface area contributed by atoms with E-state index < -0.39 is 5.97 Å². The second-order valence-electron chi connectivity index (χ2n) is 5.02. The van der Waals surface area contributed by atoms with Crippen molar-refractivity contribution >= 4 is 23.4 Å². The van der Waals surface area contributed by atoms with E-state index in [1.807, 2.05) is 31.1 Å². The summed E-state index contributed by atoms with van der Waals surface area (Å²) in [6.45, 7) is 1.98. The zero-order chi connectivity index (χ0) is 16.8. The van der Waals surface area contributed by atoms with Gasteiger partial charge in [-0.25, -0.2) is 9.78 Å². The van der Waals surface area contributed by atoms with Gasteiger partial charge >= 0.3 is 5.97 Å². The van der Waals surface area contributed by atoms with Gasteiger partial charge in [0, 0.05) is 31.5 Å². The molecule has 6 nitrogen and oxygen atoms in total. The number of aromatic nitrogens is 1. The molecule has 0 radical (unpaired) electrons. The minimum Gasteiger partial charge on any atom is -0.462 e. The quantitative estimate of drug-likeness (QED) is 0.859. The molecule has 1 heterocycles. The van der Waals surface area contributed by atoms with Gasteiger partial charge in [-0.3, -0.25) is 4.79 Å². The molecule has 0 fully saturated rings. The third-order valence-electron chi connectivity index (χ3n) is 3.18. The zero-order valence-electron chi connectivity index (χ0n) is 13.4. The second-order valence-corrected chi connectivity index (χ2v) is 5.02. The molecule has 0 aliphatic carbocycles. The molecule has 0 bridgehead atoms. The number of esters is 1. The van der Waals surface area contributed by atoms with E-state index in [0.29, 0.717) is 5.56 Å². The first-order chi connectivity index (χ1) is 11.0. The van der Waals surface area contributed by atoms with Crippen LogP contribution in [-0.2, 0) is 4.74 Å². The first kappa shape index (κ1) is 16.5. The normalized spacial score (nSPS) is 10.0. The summed E-state index contributed by atoms with van der Waals surface area (Å²) in [7, 11) is 3.85. The van der Waals surface area contributed by atoms with Crippen LogP contribution >= 0.6 is 0 Å². The van der Waals surface area contributed by atoms with Crippen molar-refractivity contribution in [2.75, 3.05) is 30.9 Å². The Morgan fingerprint density at radius 1 is 1.17 bits per heavy atom. The molecule has 2 rings (SSSR count). The van der Waals surface area contributed by atoms with E-state index in [1.165, 1.54) is 6.20 Å². The maximum atomic E-state index is 12.3. The Kier molecular flexibility index (Phi) is 5.30. The Labute approximate surface area is 135 Å². The third kappa shape index (κ3) is 4.06. The van der Waals surface area contributed by atoms with Crippen LogP contribution in [0.15, 0.2) is 42.6 Å². The molecule has 0 saturated carbocycles. The van der Waals surface area contributed by atoms with Gasteiger partial charge in [-0.15, -0.1) is 0 Å². The Balaban J connectivity index is 2.18. The zero-order valence-corrected chi connectivity index (χ0v) is 13.4. The number of rotatable bonds is 5. The van der Waals surface area contributed by atoms with Crippen LogP contribution in [-0.4, -0.2) is 37.6 Å². The molecule has 0 unspecified atom stereocenters. The van der Waals surface area contributed by atoms with Crippen molar-refractivity contribution < 1.29 is 14.3 Å². The molecule has 1 aromatic heterocycles. The average Bonchev–Trinajstić information content (AvgIpc) is 2.55. The fraction of sp³-hybridized carbons (Fsp3) is 0.235. The topological polar surface area (TPSA) is 71.5 Å². The van der Waals surface area contributed by atoms with Crippen LogP contribution < -0.4 is 10.2 Å². The van der Waals surface area contributed by atoms with Crippen molar-refractivity contribution in [3.05, 3.63) is 53.7 Å². The lowest BCUT2D eigenvalue weighted by atomic mass is 10.2. The van der Waals surface area contributed by atoms with Gasteiger partial charge in [-0.1, -0.05) is 0 Å². The maximum Gasteiger partial charge on any atom is 0.341 e. The van der Waals surface area contributed by atoms with Crippen LogP contribution in [0.3, 0.4) is 0 Å². The number of carbonyl (C=O) groups excluding carboxylic acids is 2. The van der Waals surface area contributed by atoms with Crippen molar-refractivity contribution in [3.63, 3.8) is 0 Å². The Morgan fingerprint density at radius 2 is 1.87 bits per heavy atom. The fourth-order valence-corrected chi connectivity index (χ4v) is 1.97. The number of benzene rings is 1. The van der Waals surface area contributed by atoms with E-state index in [2.05, 4.69) is 10.3 Å². The van der Waals surface area contributed by atoms with Crippen LogP contribution in [0.25, 0.3) is 0 Å². The second kappa shape index (κ2) is 7.40. The number of amides is 1. The predicted molar refractivity (Wildman–Crippen MR) is 88.9 cm³/mol. The number of hydrogen-bond donors (Lipinski definition) is 1. The van der Waals surface area contributed by atoms with Crippen LogP contribution in [0.5, 0.6) is 0 Å². The van der Waals surface area contributed by atoms with Gasteiger partial charge in [0.15, 0.2) is 0 Å². The highest BCUT2D eigenvalue weighted by Gasteiger charge is 2.16. The summed E-state index contributed by atoms with van der Waals surface area (Å²) in [4.78, 5) is 30.2. The highest BCUT2D eigenvalue weighted by Crippen LogP contribution is 2.16. The fourth-order valence-electron chi connectivity index (χ4n) is 1.97. The monoisotopic (exact) mass is 313 g/mol. The third-order valence-corrected chi connectivity index (χ3v) is 3.18. The van der Waals surface area contributed by atoms with Gasteiger partial charge in [0.25, 0.3) is 5.91 Å². The molecule has 2 aromatic rings. The standard InChI is InChI=1S/C17H19N3O3/c1-4-23-17(22)14-6-5-11-18-15(14)19-16(21)12-7-9-13(10-8-12)20(2)3/h5-11H,4H2,1-3H3,(H,18,19,21). The van der Waals surface area contributed by atoms with Crippen LogP contribution in [0.4, 0.5) is 11.5 Å². The predicted octanol–water partition coefficient (Wildman–Crippen LogP) is 2.58. The highest BCUT2D eigenvalue weighted by atomic mass is 16.5. The summed E-state index contributed by atoms with van der Waals surface area (Å²) in [5, 5.41) is 2.65. The lowest BCUT2D eigenvalue weighted by molar-refractivity contribution is 0.0527. The van der Waals surface area contributed by atoms with Crippen molar-refractivity contribution in [1.29, 1.82) is 0 Å². The first-order valence-corrected chi connectivity index (χ1v) is 7.23. The van der Waals surface area contributed by atoms with E-state index in [0.717, 1.165) is 5.69 Å². The number of anilines is 2. The molecule has 0 aliphatic heterocycles. The van der Waals surface area contributed by atoms with Gasteiger partial charge in [0.1, 0.15) is 11.4 Å². The molecular formula is C17H19N3O3. The lowest BCUT2D eigenvalue weighted by Gasteiger charge is -2.13. The number of pyridine rings is 1. The van der Waals surface area contributed by atoms with Crippen LogP contribution in [0.2, 0.25) is 0 Å². The minimum absolute atomic E-state index is 0.188. The smallest absolute Gasteiger partial charge is 0.341 e. The van der Waals surface area contributed by atoms with Crippen molar-refractivity contribution in [2.45, 2.75) is 6.92 Å². The highest BCUT2D eigenvalue weighted by molar-refractivity contribution is 6.07. The summed E-state index contributed by atoms with van der Waals surface area (Å²) in [5.41, 5.74) is 1.70. The van der Waals surface area contributed by atoms with E-state index in [4.69, 9.17) is 4.74 Å². The minimum atomic E-state index is -0.515. The maximum absolute atomic E-state index is 12.3. The van der Waals surface area contributed by atoms with E-state index in [9.17, 15) is 9.59 Å². The molecule has 1 aromatic carbocycles. The number of hydrogen-bond acceptors (Lipinski definition) is 5. The van der Waals surface area contributed by atoms with Gasteiger partial charge in [-0.2, -0.15) is 0 Å².